The third kappa shape index (κ3) is 4.73. The molecule has 0 bridgehead atoms. The van der Waals surface area contributed by atoms with Crippen LogP contribution in [0.3, 0.4) is 0 Å². The van der Waals surface area contributed by atoms with Gasteiger partial charge in [0.1, 0.15) is 0 Å². The second-order valence-electron chi connectivity index (χ2n) is 4.99. The number of carbonyl (C=O) groups is 2. The molecule has 0 unspecified atom stereocenters. The van der Waals surface area contributed by atoms with Gasteiger partial charge < -0.3 is 9.47 Å². The number of hydrogen-bond acceptors (Lipinski definition) is 4. The maximum absolute atomic E-state index is 11.9. The minimum Gasteiger partial charge on any atom is -0.463 e. The number of hydrogen-bond donors (Lipinski definition) is 0. The van der Waals surface area contributed by atoms with Crippen molar-refractivity contribution >= 4 is 45.9 Å². The zero-order valence-electron chi connectivity index (χ0n) is 13.1. The van der Waals surface area contributed by atoms with E-state index in [1.807, 2.05) is 13.0 Å². The Morgan fingerprint density at radius 3 is 2.42 bits per heavy atom. The summed E-state index contributed by atoms with van der Waals surface area (Å²) in [6.45, 7) is 2.31. The highest BCUT2D eigenvalue weighted by Crippen LogP contribution is 2.38. The number of rotatable bonds is 6. The third-order valence-electron chi connectivity index (χ3n) is 3.20. The fourth-order valence-corrected chi connectivity index (χ4v) is 2.59. The summed E-state index contributed by atoms with van der Waals surface area (Å²) in [6.07, 6.45) is 3.73. The first kappa shape index (κ1) is 18.3. The van der Waals surface area contributed by atoms with E-state index in [4.69, 9.17) is 32.7 Å². The SMILES string of the molecule is CCCCOC(=O)/C=C/C(=O)Oc1c(Cl)cc(Cl)c2ccccc12. The molecule has 0 heterocycles. The van der Waals surface area contributed by atoms with Crippen LogP contribution in [0, 0.1) is 0 Å². The number of ether oxygens (including phenoxy) is 2. The first-order valence-corrected chi connectivity index (χ1v) is 8.22. The molecule has 4 nitrogen and oxygen atoms in total. The lowest BCUT2D eigenvalue weighted by atomic mass is 10.1. The van der Waals surface area contributed by atoms with Crippen LogP contribution < -0.4 is 4.74 Å². The second kappa shape index (κ2) is 8.71. The predicted octanol–water partition coefficient (Wildman–Crippen LogP) is 4.95. The zero-order valence-corrected chi connectivity index (χ0v) is 14.6. The molecular weight excluding hydrogens is 351 g/mol. The highest BCUT2D eigenvalue weighted by Gasteiger charge is 2.13. The smallest absolute Gasteiger partial charge is 0.336 e. The number of carbonyl (C=O) groups excluding carboxylic acids is 2. The molecule has 0 aromatic heterocycles. The van der Waals surface area contributed by atoms with Gasteiger partial charge in [0.2, 0.25) is 0 Å². The third-order valence-corrected chi connectivity index (χ3v) is 3.79. The highest BCUT2D eigenvalue weighted by atomic mass is 35.5. The lowest BCUT2D eigenvalue weighted by Crippen LogP contribution is -2.07. The van der Waals surface area contributed by atoms with Gasteiger partial charge >= 0.3 is 11.9 Å². The van der Waals surface area contributed by atoms with Crippen LogP contribution in [0.5, 0.6) is 5.75 Å². The lowest BCUT2D eigenvalue weighted by molar-refractivity contribution is -0.138. The molecular formula is C18H16Cl2O4. The van der Waals surface area contributed by atoms with Gasteiger partial charge in [0.25, 0.3) is 0 Å². The van der Waals surface area contributed by atoms with Crippen molar-refractivity contribution in [3.05, 3.63) is 52.5 Å². The van der Waals surface area contributed by atoms with Crippen molar-refractivity contribution < 1.29 is 19.1 Å². The normalized spacial score (nSPS) is 11.0. The Balaban J connectivity index is 2.12. The average molecular weight is 367 g/mol. The molecule has 0 aliphatic carbocycles. The molecule has 0 radical (unpaired) electrons. The van der Waals surface area contributed by atoms with Crippen molar-refractivity contribution in [1.82, 2.24) is 0 Å². The Morgan fingerprint density at radius 1 is 1.04 bits per heavy atom. The van der Waals surface area contributed by atoms with Gasteiger partial charge in [-0.2, -0.15) is 0 Å². The topological polar surface area (TPSA) is 52.6 Å². The number of esters is 2. The van der Waals surface area contributed by atoms with Gasteiger partial charge in [0.05, 0.1) is 16.7 Å². The molecule has 2 rings (SSSR count). The first-order chi connectivity index (χ1) is 11.5. The van der Waals surface area contributed by atoms with E-state index < -0.39 is 11.9 Å². The van der Waals surface area contributed by atoms with Gasteiger partial charge in [0, 0.05) is 22.9 Å². The highest BCUT2D eigenvalue weighted by molar-refractivity contribution is 6.40. The van der Waals surface area contributed by atoms with E-state index in [-0.39, 0.29) is 10.8 Å². The largest absolute Gasteiger partial charge is 0.463 e. The quantitative estimate of drug-likeness (QED) is 0.314. The molecule has 0 aliphatic rings. The molecule has 6 heteroatoms. The molecule has 0 atom stereocenters. The summed E-state index contributed by atoms with van der Waals surface area (Å²) in [7, 11) is 0. The van der Waals surface area contributed by atoms with Crippen molar-refractivity contribution in [3.63, 3.8) is 0 Å². The summed E-state index contributed by atoms with van der Waals surface area (Å²) in [4.78, 5) is 23.4. The molecule has 0 N–H and O–H groups in total. The van der Waals surface area contributed by atoms with Crippen molar-refractivity contribution in [2.75, 3.05) is 6.61 Å². The number of halogens is 2. The average Bonchev–Trinajstić information content (AvgIpc) is 2.57. The van der Waals surface area contributed by atoms with E-state index in [9.17, 15) is 9.59 Å². The number of fused-ring (bicyclic) bond motifs is 1. The summed E-state index contributed by atoms with van der Waals surface area (Å²) in [5.41, 5.74) is 0. The summed E-state index contributed by atoms with van der Waals surface area (Å²) in [6, 6.07) is 8.66. The Labute approximate surface area is 149 Å². The molecule has 2 aromatic carbocycles. The van der Waals surface area contributed by atoms with E-state index in [0.29, 0.717) is 22.4 Å². The summed E-state index contributed by atoms with van der Waals surface area (Å²) >= 11 is 12.3. The molecule has 0 saturated heterocycles. The van der Waals surface area contributed by atoms with E-state index in [1.165, 1.54) is 6.07 Å². The van der Waals surface area contributed by atoms with Crippen LogP contribution in [-0.2, 0) is 14.3 Å². The standard InChI is InChI=1S/C18H16Cl2O4/c1-2-3-10-23-16(21)8-9-17(22)24-18-13-7-5-4-6-12(13)14(19)11-15(18)20/h4-9,11H,2-3,10H2,1H3/b9-8+. The monoisotopic (exact) mass is 366 g/mol. The number of unbranched alkanes of at least 4 members (excludes halogenated alkanes) is 1. The second-order valence-corrected chi connectivity index (χ2v) is 5.80. The minimum atomic E-state index is -0.725. The van der Waals surface area contributed by atoms with Crippen LogP contribution >= 0.6 is 23.2 Å². The molecule has 0 spiro atoms. The van der Waals surface area contributed by atoms with Crippen LogP contribution in [0.4, 0.5) is 0 Å². The van der Waals surface area contributed by atoms with Gasteiger partial charge in [-0.15, -0.1) is 0 Å². The summed E-state index contributed by atoms with van der Waals surface area (Å²) < 4.78 is 10.2. The molecule has 0 amide bonds. The maximum Gasteiger partial charge on any atom is 0.336 e. The lowest BCUT2D eigenvalue weighted by Gasteiger charge is -2.09. The Morgan fingerprint density at radius 2 is 1.71 bits per heavy atom. The summed E-state index contributed by atoms with van der Waals surface area (Å²) in [5, 5.41) is 2.01. The van der Waals surface area contributed by atoms with Crippen molar-refractivity contribution in [3.8, 4) is 5.75 Å². The van der Waals surface area contributed by atoms with Crippen LogP contribution in [0.15, 0.2) is 42.5 Å². The van der Waals surface area contributed by atoms with E-state index in [2.05, 4.69) is 0 Å². The van der Waals surface area contributed by atoms with E-state index in [1.54, 1.807) is 18.2 Å². The van der Waals surface area contributed by atoms with Crippen LogP contribution in [0.2, 0.25) is 10.0 Å². The Kier molecular flexibility index (Phi) is 6.64. The van der Waals surface area contributed by atoms with Crippen molar-refractivity contribution in [2.45, 2.75) is 19.8 Å². The molecule has 126 valence electrons. The summed E-state index contributed by atoms with van der Waals surface area (Å²) in [5.74, 6) is -1.12. The number of benzene rings is 2. The minimum absolute atomic E-state index is 0.200. The fourth-order valence-electron chi connectivity index (χ4n) is 2.01. The van der Waals surface area contributed by atoms with Crippen LogP contribution in [0.1, 0.15) is 19.8 Å². The molecule has 0 aliphatic heterocycles. The van der Waals surface area contributed by atoms with Crippen LogP contribution in [0.25, 0.3) is 10.8 Å². The van der Waals surface area contributed by atoms with Gasteiger partial charge in [-0.3, -0.25) is 0 Å². The maximum atomic E-state index is 11.9. The molecule has 2 aromatic rings. The van der Waals surface area contributed by atoms with Crippen LogP contribution in [-0.4, -0.2) is 18.5 Å². The van der Waals surface area contributed by atoms with Gasteiger partial charge in [-0.1, -0.05) is 60.8 Å². The fraction of sp³-hybridized carbons (Fsp3) is 0.222. The molecule has 0 saturated carbocycles. The van der Waals surface area contributed by atoms with E-state index >= 15 is 0 Å². The van der Waals surface area contributed by atoms with Crippen molar-refractivity contribution in [2.24, 2.45) is 0 Å². The van der Waals surface area contributed by atoms with E-state index in [0.717, 1.165) is 25.0 Å². The van der Waals surface area contributed by atoms with Gasteiger partial charge in [-0.25, -0.2) is 9.59 Å². The van der Waals surface area contributed by atoms with Gasteiger partial charge in [-0.05, 0) is 12.5 Å². The molecule has 0 fully saturated rings. The predicted molar refractivity (Wildman–Crippen MR) is 94.6 cm³/mol. The zero-order chi connectivity index (χ0) is 17.5. The molecule has 24 heavy (non-hydrogen) atoms. The Hall–Kier alpha value is -2.04. The van der Waals surface area contributed by atoms with Crippen molar-refractivity contribution in [1.29, 1.82) is 0 Å². The van der Waals surface area contributed by atoms with Gasteiger partial charge in [0.15, 0.2) is 5.75 Å². The Bertz CT molecular complexity index is 784. The first-order valence-electron chi connectivity index (χ1n) is 7.46.